The number of carbonyl (C=O) groups excluding carboxylic acids is 1. The predicted octanol–water partition coefficient (Wildman–Crippen LogP) is 4.24. The van der Waals surface area contributed by atoms with Gasteiger partial charge in [0.25, 0.3) is 5.91 Å². The molecule has 0 unspecified atom stereocenters. The highest BCUT2D eigenvalue weighted by molar-refractivity contribution is 6.09. The molecule has 2 aromatic carbocycles. The van der Waals surface area contributed by atoms with E-state index in [0.717, 1.165) is 16.8 Å². The number of aryl methyl sites for hydroxylation is 2. The van der Waals surface area contributed by atoms with Crippen LogP contribution >= 0.6 is 0 Å². The van der Waals surface area contributed by atoms with Gasteiger partial charge in [0, 0.05) is 23.6 Å². The molecule has 142 valence electrons. The average molecular weight is 376 g/mol. The maximum absolute atomic E-state index is 13.4. The first kappa shape index (κ1) is 19.2. The van der Waals surface area contributed by atoms with Crippen molar-refractivity contribution in [2.45, 2.75) is 20.4 Å². The molecular weight excluding hydrogens is 355 g/mol. The quantitative estimate of drug-likeness (QED) is 0.529. The Balaban J connectivity index is 1.82. The highest BCUT2D eigenvalue weighted by Gasteiger charge is 2.10. The standard InChI is InChI=1S/C22H21FN4O/c1-15-6-7-20(12-16(15)2)26-22(25-14-17-8-10-24-11-9-17)27-21(28)18-4-3-5-19(23)13-18/h3-13H,14H2,1-2H3,(H2,25,26,27,28). The van der Waals surface area contributed by atoms with Gasteiger partial charge in [0.05, 0.1) is 6.54 Å². The molecule has 3 aromatic rings. The van der Waals surface area contributed by atoms with Crippen LogP contribution in [0.2, 0.25) is 0 Å². The van der Waals surface area contributed by atoms with Crippen molar-refractivity contribution in [2.75, 3.05) is 5.32 Å². The van der Waals surface area contributed by atoms with E-state index < -0.39 is 11.7 Å². The van der Waals surface area contributed by atoms with Crippen molar-refractivity contribution >= 4 is 17.6 Å². The van der Waals surface area contributed by atoms with Crippen molar-refractivity contribution in [2.24, 2.45) is 4.99 Å². The topological polar surface area (TPSA) is 66.4 Å². The summed E-state index contributed by atoms with van der Waals surface area (Å²) < 4.78 is 13.4. The van der Waals surface area contributed by atoms with Crippen LogP contribution in [0, 0.1) is 19.7 Å². The zero-order valence-corrected chi connectivity index (χ0v) is 15.7. The van der Waals surface area contributed by atoms with E-state index in [1.165, 1.54) is 23.8 Å². The van der Waals surface area contributed by atoms with Gasteiger partial charge in [-0.15, -0.1) is 0 Å². The van der Waals surface area contributed by atoms with Crippen molar-refractivity contribution in [3.63, 3.8) is 0 Å². The van der Waals surface area contributed by atoms with Crippen LogP contribution < -0.4 is 10.6 Å². The summed E-state index contributed by atoms with van der Waals surface area (Å²) in [4.78, 5) is 21.0. The van der Waals surface area contributed by atoms with Crippen LogP contribution in [0.25, 0.3) is 0 Å². The number of benzene rings is 2. The molecule has 0 aliphatic carbocycles. The Labute approximate surface area is 163 Å². The minimum absolute atomic E-state index is 0.221. The molecule has 0 saturated heterocycles. The number of pyridine rings is 1. The van der Waals surface area contributed by atoms with Gasteiger partial charge in [-0.3, -0.25) is 15.1 Å². The summed E-state index contributed by atoms with van der Waals surface area (Å²) in [6.45, 7) is 4.40. The van der Waals surface area contributed by atoms with E-state index in [4.69, 9.17) is 0 Å². The molecule has 0 atom stereocenters. The highest BCUT2D eigenvalue weighted by Crippen LogP contribution is 2.14. The molecular formula is C22H21FN4O. The van der Waals surface area contributed by atoms with Gasteiger partial charge in [-0.1, -0.05) is 12.1 Å². The smallest absolute Gasteiger partial charge is 0.258 e. The zero-order chi connectivity index (χ0) is 19.9. The molecule has 0 saturated carbocycles. The summed E-state index contributed by atoms with van der Waals surface area (Å²) in [6.07, 6.45) is 3.37. The third-order valence-corrected chi connectivity index (χ3v) is 4.26. The molecule has 3 rings (SSSR count). The number of aromatic nitrogens is 1. The van der Waals surface area contributed by atoms with Crippen LogP contribution in [0.3, 0.4) is 0 Å². The van der Waals surface area contributed by atoms with Crippen LogP contribution in [-0.4, -0.2) is 16.9 Å². The van der Waals surface area contributed by atoms with E-state index in [1.54, 1.807) is 18.5 Å². The van der Waals surface area contributed by atoms with Gasteiger partial charge in [-0.2, -0.15) is 0 Å². The van der Waals surface area contributed by atoms with E-state index in [2.05, 4.69) is 20.6 Å². The van der Waals surface area contributed by atoms with Gasteiger partial charge < -0.3 is 5.32 Å². The van der Waals surface area contributed by atoms with Crippen molar-refractivity contribution in [3.8, 4) is 0 Å². The van der Waals surface area contributed by atoms with Crippen LogP contribution in [0.5, 0.6) is 0 Å². The monoisotopic (exact) mass is 376 g/mol. The molecule has 5 nitrogen and oxygen atoms in total. The maximum Gasteiger partial charge on any atom is 0.258 e. The molecule has 1 heterocycles. The predicted molar refractivity (Wildman–Crippen MR) is 109 cm³/mol. The number of guanidine groups is 1. The number of nitrogens with zero attached hydrogens (tertiary/aromatic N) is 2. The first-order valence-corrected chi connectivity index (χ1v) is 8.86. The van der Waals surface area contributed by atoms with Gasteiger partial charge in [0.1, 0.15) is 5.82 Å². The molecule has 6 heteroatoms. The summed E-state index contributed by atoms with van der Waals surface area (Å²) in [5.41, 5.74) is 4.27. The number of hydrogen-bond acceptors (Lipinski definition) is 3. The number of carbonyl (C=O) groups is 1. The maximum atomic E-state index is 13.4. The van der Waals surface area contributed by atoms with Gasteiger partial charge in [-0.25, -0.2) is 9.38 Å². The minimum Gasteiger partial charge on any atom is -0.326 e. The summed E-state index contributed by atoms with van der Waals surface area (Å²) in [7, 11) is 0. The van der Waals surface area contributed by atoms with Crippen LogP contribution in [0.15, 0.2) is 72.0 Å². The van der Waals surface area contributed by atoms with Gasteiger partial charge in [0.15, 0.2) is 0 Å². The van der Waals surface area contributed by atoms with Crippen LogP contribution in [-0.2, 0) is 6.54 Å². The summed E-state index contributed by atoms with van der Waals surface area (Å²) in [5, 5.41) is 5.87. The molecule has 2 N–H and O–H groups in total. The molecule has 0 aliphatic heterocycles. The summed E-state index contributed by atoms with van der Waals surface area (Å²) in [6, 6.07) is 15.1. The molecule has 28 heavy (non-hydrogen) atoms. The number of hydrogen-bond donors (Lipinski definition) is 2. The fraction of sp³-hybridized carbons (Fsp3) is 0.136. The van der Waals surface area contributed by atoms with Gasteiger partial charge in [-0.05, 0) is 73.0 Å². The lowest BCUT2D eigenvalue weighted by Gasteiger charge is -2.13. The van der Waals surface area contributed by atoms with E-state index in [1.807, 2.05) is 44.2 Å². The minimum atomic E-state index is -0.468. The fourth-order valence-corrected chi connectivity index (χ4v) is 2.53. The Bertz CT molecular complexity index is 1000. The summed E-state index contributed by atoms with van der Waals surface area (Å²) in [5.74, 6) is -0.622. The Morgan fingerprint density at radius 2 is 1.82 bits per heavy atom. The number of aliphatic imine (C=N–C) groups is 1. The van der Waals surface area contributed by atoms with Crippen molar-refractivity contribution in [1.29, 1.82) is 0 Å². The Morgan fingerprint density at radius 1 is 1.04 bits per heavy atom. The lowest BCUT2D eigenvalue weighted by molar-refractivity contribution is 0.0976. The van der Waals surface area contributed by atoms with Crippen molar-refractivity contribution in [1.82, 2.24) is 10.3 Å². The molecule has 0 aliphatic rings. The second-order valence-electron chi connectivity index (χ2n) is 6.41. The summed E-state index contributed by atoms with van der Waals surface area (Å²) >= 11 is 0. The molecule has 0 bridgehead atoms. The van der Waals surface area contributed by atoms with E-state index in [9.17, 15) is 9.18 Å². The Kier molecular flexibility index (Phi) is 6.11. The number of rotatable bonds is 4. The highest BCUT2D eigenvalue weighted by atomic mass is 19.1. The number of nitrogens with one attached hydrogen (secondary N) is 2. The second-order valence-corrected chi connectivity index (χ2v) is 6.41. The number of anilines is 1. The van der Waals surface area contributed by atoms with E-state index in [-0.39, 0.29) is 11.5 Å². The average Bonchev–Trinajstić information content (AvgIpc) is 2.69. The second kappa shape index (κ2) is 8.90. The first-order valence-electron chi connectivity index (χ1n) is 8.86. The largest absolute Gasteiger partial charge is 0.326 e. The molecule has 0 spiro atoms. The third kappa shape index (κ3) is 5.23. The molecule has 1 aromatic heterocycles. The Hall–Kier alpha value is -3.54. The van der Waals surface area contributed by atoms with Crippen molar-refractivity contribution < 1.29 is 9.18 Å². The lowest BCUT2D eigenvalue weighted by Crippen LogP contribution is -2.36. The van der Waals surface area contributed by atoms with Crippen molar-refractivity contribution in [3.05, 3.63) is 95.1 Å². The first-order chi connectivity index (χ1) is 13.5. The van der Waals surface area contributed by atoms with Gasteiger partial charge >= 0.3 is 0 Å². The number of amides is 1. The lowest BCUT2D eigenvalue weighted by atomic mass is 10.1. The van der Waals surface area contributed by atoms with E-state index >= 15 is 0 Å². The normalized spacial score (nSPS) is 11.2. The van der Waals surface area contributed by atoms with Gasteiger partial charge in [0.2, 0.25) is 5.96 Å². The third-order valence-electron chi connectivity index (χ3n) is 4.26. The zero-order valence-electron chi connectivity index (χ0n) is 15.7. The molecule has 1 amide bonds. The molecule has 0 radical (unpaired) electrons. The van der Waals surface area contributed by atoms with E-state index in [0.29, 0.717) is 6.54 Å². The van der Waals surface area contributed by atoms with Crippen LogP contribution in [0.1, 0.15) is 27.0 Å². The fourth-order valence-electron chi connectivity index (χ4n) is 2.53. The number of halogens is 1. The SMILES string of the molecule is Cc1ccc(NC(=NCc2ccncc2)NC(=O)c2cccc(F)c2)cc1C. The van der Waals surface area contributed by atoms with Crippen LogP contribution in [0.4, 0.5) is 10.1 Å². The Morgan fingerprint density at radius 3 is 2.54 bits per heavy atom. The molecule has 0 fully saturated rings.